The molecule has 0 unspecified atom stereocenters. The van der Waals surface area contributed by atoms with Crippen molar-refractivity contribution in [1.29, 1.82) is 0 Å². The van der Waals surface area contributed by atoms with E-state index in [4.69, 9.17) is 10.5 Å². The molecule has 0 spiro atoms. The average Bonchev–Trinajstić information content (AvgIpc) is 2.54. The molecular formula is C10H11BrN4O. The third-order valence-electron chi connectivity index (χ3n) is 2.92. The van der Waals surface area contributed by atoms with E-state index in [0.29, 0.717) is 19.0 Å². The lowest BCUT2D eigenvalue weighted by atomic mass is 9.88. The Balaban J connectivity index is 2.31. The normalized spacial score (nSPS) is 18.6. The number of ether oxygens (including phenoxy) is 1. The fourth-order valence-electron chi connectivity index (χ4n) is 1.98. The SMILES string of the molecule is CC1(c2nc(Br)c3c(N)nccn23)COC1. The van der Waals surface area contributed by atoms with Crippen molar-refractivity contribution >= 4 is 27.3 Å². The van der Waals surface area contributed by atoms with Gasteiger partial charge in [0, 0.05) is 12.4 Å². The lowest BCUT2D eigenvalue weighted by molar-refractivity contribution is -0.0546. The van der Waals surface area contributed by atoms with E-state index in [1.807, 2.05) is 10.6 Å². The monoisotopic (exact) mass is 282 g/mol. The highest BCUT2D eigenvalue weighted by molar-refractivity contribution is 9.10. The van der Waals surface area contributed by atoms with Gasteiger partial charge in [-0.25, -0.2) is 9.97 Å². The van der Waals surface area contributed by atoms with Crippen LogP contribution in [-0.2, 0) is 10.2 Å². The number of hydrogen-bond acceptors (Lipinski definition) is 4. The summed E-state index contributed by atoms with van der Waals surface area (Å²) in [5, 5.41) is 0. The zero-order valence-electron chi connectivity index (χ0n) is 8.77. The molecule has 6 heteroatoms. The molecule has 0 atom stereocenters. The Kier molecular flexibility index (Phi) is 1.99. The maximum Gasteiger partial charge on any atom is 0.150 e. The second kappa shape index (κ2) is 3.18. The number of nitrogen functional groups attached to an aromatic ring is 1. The van der Waals surface area contributed by atoms with Crippen LogP contribution in [0.1, 0.15) is 12.7 Å². The predicted molar refractivity (Wildman–Crippen MR) is 63.3 cm³/mol. The number of imidazole rings is 1. The molecule has 5 nitrogen and oxygen atoms in total. The standard InChI is InChI=1S/C10H11BrN4O/c1-10(4-16-5-10)9-14-7(11)6-8(12)13-2-3-15(6)9/h2-3H,4-5H2,1H3,(H2,12,13). The van der Waals surface area contributed by atoms with Gasteiger partial charge in [0.1, 0.15) is 15.9 Å². The van der Waals surface area contributed by atoms with Crippen molar-refractivity contribution in [3.63, 3.8) is 0 Å². The van der Waals surface area contributed by atoms with E-state index in [2.05, 4.69) is 32.8 Å². The number of nitrogens with two attached hydrogens (primary N) is 1. The average molecular weight is 283 g/mol. The summed E-state index contributed by atoms with van der Waals surface area (Å²) in [7, 11) is 0. The second-order valence-corrected chi connectivity index (χ2v) is 5.06. The van der Waals surface area contributed by atoms with Crippen LogP contribution in [-0.4, -0.2) is 27.6 Å². The highest BCUT2D eigenvalue weighted by Crippen LogP contribution is 2.34. The van der Waals surface area contributed by atoms with Gasteiger partial charge in [0.25, 0.3) is 0 Å². The number of fused-ring (bicyclic) bond motifs is 1. The van der Waals surface area contributed by atoms with Gasteiger partial charge in [-0.2, -0.15) is 0 Å². The Morgan fingerprint density at radius 2 is 2.31 bits per heavy atom. The first kappa shape index (κ1) is 10.0. The molecule has 1 aliphatic rings. The molecule has 0 saturated carbocycles. The smallest absolute Gasteiger partial charge is 0.150 e. The van der Waals surface area contributed by atoms with Crippen molar-refractivity contribution < 1.29 is 4.74 Å². The van der Waals surface area contributed by atoms with Gasteiger partial charge in [0.2, 0.25) is 0 Å². The summed E-state index contributed by atoms with van der Waals surface area (Å²) in [5.74, 6) is 1.45. The van der Waals surface area contributed by atoms with Gasteiger partial charge in [-0.05, 0) is 22.9 Å². The highest BCUT2D eigenvalue weighted by Gasteiger charge is 2.39. The molecule has 2 aromatic heterocycles. The zero-order chi connectivity index (χ0) is 11.3. The largest absolute Gasteiger partial charge is 0.382 e. The van der Waals surface area contributed by atoms with Gasteiger partial charge >= 0.3 is 0 Å². The summed E-state index contributed by atoms with van der Waals surface area (Å²) in [4.78, 5) is 8.59. The van der Waals surface area contributed by atoms with Gasteiger partial charge in [-0.15, -0.1) is 0 Å². The first-order chi connectivity index (χ1) is 7.62. The molecule has 1 saturated heterocycles. The first-order valence-electron chi connectivity index (χ1n) is 4.98. The van der Waals surface area contributed by atoms with Crippen molar-refractivity contribution in [2.45, 2.75) is 12.3 Å². The van der Waals surface area contributed by atoms with E-state index in [1.165, 1.54) is 0 Å². The van der Waals surface area contributed by atoms with Crippen LogP contribution in [0.5, 0.6) is 0 Å². The fourth-order valence-corrected chi connectivity index (χ4v) is 2.55. The topological polar surface area (TPSA) is 65.4 Å². The molecule has 3 heterocycles. The Morgan fingerprint density at radius 3 is 2.94 bits per heavy atom. The number of rotatable bonds is 1. The van der Waals surface area contributed by atoms with Crippen molar-refractivity contribution in [3.8, 4) is 0 Å². The quantitative estimate of drug-likeness (QED) is 0.858. The molecule has 0 amide bonds. The summed E-state index contributed by atoms with van der Waals surface area (Å²) in [6.07, 6.45) is 3.56. The van der Waals surface area contributed by atoms with Gasteiger partial charge in [0.05, 0.1) is 18.6 Å². The Labute approximate surface area is 101 Å². The molecule has 3 rings (SSSR count). The molecule has 16 heavy (non-hydrogen) atoms. The Bertz CT molecular complexity index is 561. The fraction of sp³-hybridized carbons (Fsp3) is 0.400. The predicted octanol–water partition coefficient (Wildman–Crippen LogP) is 1.36. The maximum atomic E-state index is 5.84. The van der Waals surface area contributed by atoms with Crippen LogP contribution >= 0.6 is 15.9 Å². The summed E-state index contributed by atoms with van der Waals surface area (Å²) < 4.78 is 7.98. The molecule has 0 radical (unpaired) electrons. The minimum Gasteiger partial charge on any atom is -0.382 e. The lowest BCUT2D eigenvalue weighted by Gasteiger charge is -2.36. The van der Waals surface area contributed by atoms with Crippen molar-refractivity contribution in [1.82, 2.24) is 14.4 Å². The number of halogens is 1. The van der Waals surface area contributed by atoms with Gasteiger partial charge in [-0.1, -0.05) is 0 Å². The van der Waals surface area contributed by atoms with E-state index in [0.717, 1.165) is 15.9 Å². The van der Waals surface area contributed by atoms with E-state index >= 15 is 0 Å². The van der Waals surface area contributed by atoms with Crippen molar-refractivity contribution in [2.75, 3.05) is 18.9 Å². The molecule has 2 N–H and O–H groups in total. The van der Waals surface area contributed by atoms with Crippen LogP contribution in [0.3, 0.4) is 0 Å². The van der Waals surface area contributed by atoms with E-state index < -0.39 is 0 Å². The molecule has 0 bridgehead atoms. The van der Waals surface area contributed by atoms with Crippen LogP contribution in [0.25, 0.3) is 5.52 Å². The summed E-state index contributed by atoms with van der Waals surface area (Å²) in [6, 6.07) is 0. The third kappa shape index (κ3) is 1.20. The van der Waals surface area contributed by atoms with Gasteiger partial charge in [0.15, 0.2) is 5.82 Å². The van der Waals surface area contributed by atoms with Crippen LogP contribution in [0.15, 0.2) is 17.0 Å². The number of nitrogens with zero attached hydrogens (tertiary/aromatic N) is 3. The Hall–Kier alpha value is -1.14. The molecule has 84 valence electrons. The van der Waals surface area contributed by atoms with Crippen molar-refractivity contribution in [3.05, 3.63) is 22.8 Å². The number of anilines is 1. The molecule has 0 aliphatic carbocycles. The summed E-state index contributed by atoms with van der Waals surface area (Å²) in [5.41, 5.74) is 6.64. The van der Waals surface area contributed by atoms with Gasteiger partial charge in [-0.3, -0.25) is 4.40 Å². The first-order valence-corrected chi connectivity index (χ1v) is 5.77. The minimum absolute atomic E-state index is 0.0251. The van der Waals surface area contributed by atoms with E-state index in [9.17, 15) is 0 Å². The Morgan fingerprint density at radius 1 is 1.56 bits per heavy atom. The van der Waals surface area contributed by atoms with Crippen LogP contribution in [0, 0.1) is 0 Å². The molecular weight excluding hydrogens is 272 g/mol. The summed E-state index contributed by atoms with van der Waals surface area (Å²) in [6.45, 7) is 3.52. The van der Waals surface area contributed by atoms with Crippen molar-refractivity contribution in [2.24, 2.45) is 0 Å². The molecule has 0 aromatic carbocycles. The van der Waals surface area contributed by atoms with E-state index in [-0.39, 0.29) is 5.41 Å². The zero-order valence-corrected chi connectivity index (χ0v) is 10.4. The van der Waals surface area contributed by atoms with E-state index in [1.54, 1.807) is 6.20 Å². The van der Waals surface area contributed by atoms with Crippen LogP contribution < -0.4 is 5.73 Å². The van der Waals surface area contributed by atoms with Crippen LogP contribution in [0.4, 0.5) is 5.82 Å². The summed E-state index contributed by atoms with van der Waals surface area (Å²) >= 11 is 3.42. The van der Waals surface area contributed by atoms with Crippen LogP contribution in [0.2, 0.25) is 0 Å². The number of aromatic nitrogens is 3. The maximum absolute atomic E-state index is 5.84. The third-order valence-corrected chi connectivity index (χ3v) is 3.47. The minimum atomic E-state index is -0.0251. The lowest BCUT2D eigenvalue weighted by Crippen LogP contribution is -2.45. The molecule has 2 aromatic rings. The molecule has 1 aliphatic heterocycles. The molecule has 1 fully saturated rings. The highest BCUT2D eigenvalue weighted by atomic mass is 79.9. The van der Waals surface area contributed by atoms with Gasteiger partial charge < -0.3 is 10.5 Å². The second-order valence-electron chi connectivity index (χ2n) is 4.31. The number of hydrogen-bond donors (Lipinski definition) is 1.